The van der Waals surface area contributed by atoms with Crippen LogP contribution in [0.5, 0.6) is 0 Å². The molecule has 0 spiro atoms. The third-order valence-corrected chi connectivity index (χ3v) is 3.48. The molecule has 0 amide bonds. The number of nitrogens with one attached hydrogen (secondary N) is 1. The molecule has 1 atom stereocenters. The molecule has 1 N–H and O–H groups in total. The summed E-state index contributed by atoms with van der Waals surface area (Å²) in [4.78, 5) is 0. The highest BCUT2D eigenvalue weighted by Crippen LogP contribution is 2.23. The van der Waals surface area contributed by atoms with E-state index in [1.165, 1.54) is 24.8 Å². The van der Waals surface area contributed by atoms with Gasteiger partial charge in [0.25, 0.3) is 0 Å². The van der Waals surface area contributed by atoms with Crippen molar-refractivity contribution in [2.24, 2.45) is 0 Å². The molecule has 2 nitrogen and oxygen atoms in total. The number of unbranched alkanes of at least 4 members (excludes halogenated alkanes) is 1. The predicted molar refractivity (Wildman–Crippen MR) is 76.1 cm³/mol. The third kappa shape index (κ3) is 4.60. The van der Waals surface area contributed by atoms with E-state index >= 15 is 0 Å². The first kappa shape index (κ1) is 13.9. The topological polar surface area (TPSA) is 21.3 Å². The smallest absolute Gasteiger partial charge is 0.0949 e. The molecular weight excluding hydrogens is 246 g/mol. The van der Waals surface area contributed by atoms with Gasteiger partial charge in [0.2, 0.25) is 0 Å². The molecule has 0 aromatic heterocycles. The van der Waals surface area contributed by atoms with Crippen molar-refractivity contribution in [1.29, 1.82) is 0 Å². The second-order valence-electron chi connectivity index (χ2n) is 4.95. The van der Waals surface area contributed by atoms with Gasteiger partial charge in [-0.3, -0.25) is 0 Å². The van der Waals surface area contributed by atoms with Crippen molar-refractivity contribution >= 4 is 11.6 Å². The Bertz CT molecular complexity index is 348. The standard InChI is InChI=1S/C15H22ClNO/c1-2-3-10-18-15(11-17-14-8-9-14)12-4-6-13(16)7-5-12/h4-7,14-15,17H,2-3,8-11H2,1H3. The molecule has 1 unspecified atom stereocenters. The van der Waals surface area contributed by atoms with Crippen LogP contribution in [0.3, 0.4) is 0 Å². The highest BCUT2D eigenvalue weighted by atomic mass is 35.5. The Kier molecular flexibility index (Phi) is 5.48. The summed E-state index contributed by atoms with van der Waals surface area (Å²) in [5.41, 5.74) is 1.21. The van der Waals surface area contributed by atoms with Crippen LogP contribution in [0.25, 0.3) is 0 Å². The number of hydrogen-bond donors (Lipinski definition) is 1. The molecule has 0 heterocycles. The summed E-state index contributed by atoms with van der Waals surface area (Å²) in [6.45, 7) is 3.91. The van der Waals surface area contributed by atoms with E-state index in [0.717, 1.165) is 30.6 Å². The summed E-state index contributed by atoms with van der Waals surface area (Å²) in [7, 11) is 0. The van der Waals surface area contributed by atoms with E-state index in [1.54, 1.807) is 0 Å². The zero-order chi connectivity index (χ0) is 12.8. The Labute approximate surface area is 115 Å². The maximum Gasteiger partial charge on any atom is 0.0949 e. The lowest BCUT2D eigenvalue weighted by Crippen LogP contribution is -2.25. The monoisotopic (exact) mass is 267 g/mol. The van der Waals surface area contributed by atoms with Gasteiger partial charge in [-0.1, -0.05) is 37.1 Å². The molecular formula is C15H22ClNO. The van der Waals surface area contributed by atoms with Crippen molar-refractivity contribution in [2.75, 3.05) is 13.2 Å². The first-order chi connectivity index (χ1) is 8.79. The maximum atomic E-state index is 5.98. The molecule has 1 fully saturated rings. The SMILES string of the molecule is CCCCOC(CNC1CC1)c1ccc(Cl)cc1. The number of halogens is 1. The predicted octanol–water partition coefficient (Wildman–Crippen LogP) is 3.95. The molecule has 1 aromatic rings. The highest BCUT2D eigenvalue weighted by Gasteiger charge is 2.22. The fourth-order valence-corrected chi connectivity index (χ4v) is 2.01. The highest BCUT2D eigenvalue weighted by molar-refractivity contribution is 6.30. The van der Waals surface area contributed by atoms with E-state index in [9.17, 15) is 0 Å². The summed E-state index contributed by atoms with van der Waals surface area (Å²) in [5, 5.41) is 4.32. The normalized spacial score (nSPS) is 16.8. The number of hydrogen-bond acceptors (Lipinski definition) is 2. The maximum absolute atomic E-state index is 5.98. The van der Waals surface area contributed by atoms with Crippen molar-refractivity contribution in [3.8, 4) is 0 Å². The van der Waals surface area contributed by atoms with Crippen LogP contribution in [0.15, 0.2) is 24.3 Å². The third-order valence-electron chi connectivity index (χ3n) is 3.23. The lowest BCUT2D eigenvalue weighted by Gasteiger charge is -2.19. The van der Waals surface area contributed by atoms with Crippen molar-refractivity contribution < 1.29 is 4.74 Å². The van der Waals surface area contributed by atoms with Crippen LogP contribution in [-0.2, 0) is 4.74 Å². The lowest BCUT2D eigenvalue weighted by molar-refractivity contribution is 0.0504. The minimum atomic E-state index is 0.148. The van der Waals surface area contributed by atoms with E-state index < -0.39 is 0 Å². The molecule has 0 bridgehead atoms. The van der Waals surface area contributed by atoms with Crippen molar-refractivity contribution in [3.05, 3.63) is 34.9 Å². The van der Waals surface area contributed by atoms with Gasteiger partial charge in [-0.15, -0.1) is 0 Å². The summed E-state index contributed by atoms with van der Waals surface area (Å²) in [5.74, 6) is 0. The summed E-state index contributed by atoms with van der Waals surface area (Å²) >= 11 is 5.92. The van der Waals surface area contributed by atoms with Crippen molar-refractivity contribution in [2.45, 2.75) is 44.8 Å². The Morgan fingerprint density at radius 2 is 2.06 bits per heavy atom. The molecule has 1 aliphatic carbocycles. The van der Waals surface area contributed by atoms with E-state index in [2.05, 4.69) is 24.4 Å². The molecule has 1 aromatic carbocycles. The Morgan fingerprint density at radius 1 is 1.33 bits per heavy atom. The van der Waals surface area contributed by atoms with Gasteiger partial charge < -0.3 is 10.1 Å². The van der Waals surface area contributed by atoms with Gasteiger partial charge in [0, 0.05) is 24.2 Å². The van der Waals surface area contributed by atoms with Gasteiger partial charge in [0.05, 0.1) is 6.10 Å². The molecule has 18 heavy (non-hydrogen) atoms. The number of benzene rings is 1. The zero-order valence-corrected chi connectivity index (χ0v) is 11.7. The van der Waals surface area contributed by atoms with Crippen LogP contribution < -0.4 is 5.32 Å². The van der Waals surface area contributed by atoms with E-state index in [1.807, 2.05) is 12.1 Å². The van der Waals surface area contributed by atoms with Gasteiger partial charge in [0.15, 0.2) is 0 Å². The van der Waals surface area contributed by atoms with Crippen molar-refractivity contribution in [3.63, 3.8) is 0 Å². The van der Waals surface area contributed by atoms with Gasteiger partial charge in [-0.2, -0.15) is 0 Å². The Hall–Kier alpha value is -0.570. The lowest BCUT2D eigenvalue weighted by atomic mass is 10.1. The molecule has 100 valence electrons. The number of ether oxygens (including phenoxy) is 1. The van der Waals surface area contributed by atoms with Crippen LogP contribution in [0.1, 0.15) is 44.3 Å². The minimum absolute atomic E-state index is 0.148. The fraction of sp³-hybridized carbons (Fsp3) is 0.600. The van der Waals surface area contributed by atoms with Crippen LogP contribution in [0, 0.1) is 0 Å². The summed E-state index contributed by atoms with van der Waals surface area (Å²) in [6.07, 6.45) is 5.05. The molecule has 0 radical (unpaired) electrons. The quantitative estimate of drug-likeness (QED) is 0.720. The first-order valence-electron chi connectivity index (χ1n) is 6.90. The average Bonchev–Trinajstić information content (AvgIpc) is 3.19. The Morgan fingerprint density at radius 3 is 2.67 bits per heavy atom. The van der Waals surface area contributed by atoms with Crippen LogP contribution in [-0.4, -0.2) is 19.2 Å². The Balaban J connectivity index is 1.90. The zero-order valence-electron chi connectivity index (χ0n) is 11.0. The molecule has 0 aliphatic heterocycles. The summed E-state index contributed by atoms with van der Waals surface area (Å²) < 4.78 is 5.98. The first-order valence-corrected chi connectivity index (χ1v) is 7.28. The molecule has 0 saturated heterocycles. The summed E-state index contributed by atoms with van der Waals surface area (Å²) in [6, 6.07) is 8.71. The van der Waals surface area contributed by atoms with E-state index in [0.29, 0.717) is 0 Å². The molecule has 2 rings (SSSR count). The molecule has 3 heteroatoms. The number of rotatable bonds is 8. The minimum Gasteiger partial charge on any atom is -0.372 e. The van der Waals surface area contributed by atoms with Gasteiger partial charge in [-0.25, -0.2) is 0 Å². The average molecular weight is 268 g/mol. The van der Waals surface area contributed by atoms with Gasteiger partial charge >= 0.3 is 0 Å². The van der Waals surface area contributed by atoms with Crippen LogP contribution in [0.2, 0.25) is 5.02 Å². The van der Waals surface area contributed by atoms with Crippen LogP contribution >= 0.6 is 11.6 Å². The van der Waals surface area contributed by atoms with Gasteiger partial charge in [-0.05, 0) is 37.0 Å². The van der Waals surface area contributed by atoms with Gasteiger partial charge in [0.1, 0.15) is 0 Å². The van der Waals surface area contributed by atoms with Crippen LogP contribution in [0.4, 0.5) is 0 Å². The second-order valence-corrected chi connectivity index (χ2v) is 5.38. The second kappa shape index (κ2) is 7.13. The molecule has 1 aliphatic rings. The molecule has 1 saturated carbocycles. The van der Waals surface area contributed by atoms with E-state index in [-0.39, 0.29) is 6.10 Å². The van der Waals surface area contributed by atoms with Crippen molar-refractivity contribution in [1.82, 2.24) is 5.32 Å². The fourth-order valence-electron chi connectivity index (χ4n) is 1.88. The van der Waals surface area contributed by atoms with E-state index in [4.69, 9.17) is 16.3 Å². The largest absolute Gasteiger partial charge is 0.372 e.